The molecule has 0 spiro atoms. The molecular formula is C11H17F3N2O4. The number of unbranched alkanes of at least 4 members (excludes halogenated alkanes) is 1. The lowest BCUT2D eigenvalue weighted by atomic mass is 10.2. The van der Waals surface area contributed by atoms with Crippen LogP contribution < -0.4 is 5.32 Å². The van der Waals surface area contributed by atoms with Crippen molar-refractivity contribution in [2.75, 3.05) is 13.1 Å². The number of β-amino-alcohol motifs (C(OH)–C–C–N with tert-alkyl or cyclic N) is 1. The van der Waals surface area contributed by atoms with Gasteiger partial charge in [0, 0.05) is 25.9 Å². The number of likely N-dealkylation sites (tertiary alicyclic amines) is 1. The Hall–Kier alpha value is -1.51. The van der Waals surface area contributed by atoms with E-state index in [9.17, 15) is 27.9 Å². The van der Waals surface area contributed by atoms with Gasteiger partial charge in [-0.25, -0.2) is 9.59 Å². The molecule has 1 heterocycles. The van der Waals surface area contributed by atoms with Crippen LogP contribution in [0.2, 0.25) is 0 Å². The van der Waals surface area contributed by atoms with E-state index in [1.807, 2.05) is 0 Å². The molecule has 116 valence electrons. The molecule has 3 N–H and O–H groups in total. The summed E-state index contributed by atoms with van der Waals surface area (Å²) >= 11 is 0. The van der Waals surface area contributed by atoms with Crippen LogP contribution in [0.4, 0.5) is 18.0 Å². The van der Waals surface area contributed by atoms with Crippen LogP contribution in [0.25, 0.3) is 0 Å². The first-order valence-corrected chi connectivity index (χ1v) is 6.23. The predicted molar refractivity (Wildman–Crippen MR) is 62.1 cm³/mol. The maximum absolute atomic E-state index is 11.9. The summed E-state index contributed by atoms with van der Waals surface area (Å²) < 4.78 is 35.6. The lowest BCUT2D eigenvalue weighted by Crippen LogP contribution is -2.46. The number of rotatable bonds is 5. The highest BCUT2D eigenvalue weighted by molar-refractivity contribution is 5.83. The zero-order valence-electron chi connectivity index (χ0n) is 10.7. The van der Waals surface area contributed by atoms with Crippen LogP contribution in [0.3, 0.4) is 0 Å². The summed E-state index contributed by atoms with van der Waals surface area (Å²) in [5.41, 5.74) is 0. The highest BCUT2D eigenvalue weighted by Crippen LogP contribution is 2.22. The molecule has 1 aliphatic rings. The van der Waals surface area contributed by atoms with Crippen LogP contribution in [0.15, 0.2) is 0 Å². The Kier molecular flexibility index (Phi) is 5.61. The van der Waals surface area contributed by atoms with Crippen LogP contribution in [-0.4, -0.2) is 58.5 Å². The van der Waals surface area contributed by atoms with Gasteiger partial charge in [-0.3, -0.25) is 0 Å². The number of carbonyl (C=O) groups excluding carboxylic acids is 1. The van der Waals surface area contributed by atoms with Crippen molar-refractivity contribution in [3.05, 3.63) is 0 Å². The second kappa shape index (κ2) is 6.78. The monoisotopic (exact) mass is 298 g/mol. The molecular weight excluding hydrogens is 281 g/mol. The molecule has 0 bridgehead atoms. The average Bonchev–Trinajstić information content (AvgIpc) is 2.69. The van der Waals surface area contributed by atoms with E-state index in [0.29, 0.717) is 0 Å². The van der Waals surface area contributed by atoms with Gasteiger partial charge in [-0.2, -0.15) is 13.2 Å². The van der Waals surface area contributed by atoms with E-state index >= 15 is 0 Å². The summed E-state index contributed by atoms with van der Waals surface area (Å²) in [4.78, 5) is 23.6. The van der Waals surface area contributed by atoms with E-state index in [1.165, 1.54) is 0 Å². The van der Waals surface area contributed by atoms with E-state index in [1.54, 1.807) is 0 Å². The lowest BCUT2D eigenvalue weighted by molar-refractivity contribution is -0.141. The summed E-state index contributed by atoms with van der Waals surface area (Å²) in [5.74, 6) is -1.21. The zero-order chi connectivity index (χ0) is 15.3. The molecule has 0 aliphatic carbocycles. The van der Waals surface area contributed by atoms with Crippen LogP contribution >= 0.6 is 0 Å². The van der Waals surface area contributed by atoms with E-state index in [4.69, 9.17) is 5.11 Å². The number of carboxylic acid groups (broad SMARTS) is 1. The van der Waals surface area contributed by atoms with Gasteiger partial charge in [0.1, 0.15) is 6.04 Å². The van der Waals surface area contributed by atoms with Gasteiger partial charge in [0.2, 0.25) is 0 Å². The Labute approximate surface area is 113 Å². The molecule has 0 aromatic carbocycles. The smallest absolute Gasteiger partial charge is 0.389 e. The van der Waals surface area contributed by atoms with Gasteiger partial charge in [0.15, 0.2) is 0 Å². The maximum Gasteiger partial charge on any atom is 0.389 e. The summed E-state index contributed by atoms with van der Waals surface area (Å²) in [5, 5.41) is 20.6. The molecule has 0 aromatic heterocycles. The Morgan fingerprint density at radius 1 is 1.30 bits per heavy atom. The average molecular weight is 298 g/mol. The van der Waals surface area contributed by atoms with Crippen molar-refractivity contribution in [2.45, 2.75) is 44.0 Å². The molecule has 6 nitrogen and oxygen atoms in total. The summed E-state index contributed by atoms with van der Waals surface area (Å²) in [6, 6.07) is -1.78. The van der Waals surface area contributed by atoms with Crippen molar-refractivity contribution in [1.82, 2.24) is 10.2 Å². The van der Waals surface area contributed by atoms with Gasteiger partial charge >= 0.3 is 18.2 Å². The number of carboxylic acids is 1. The largest absolute Gasteiger partial charge is 0.480 e. The number of aliphatic hydroxyl groups is 1. The van der Waals surface area contributed by atoms with E-state index in [0.717, 1.165) is 4.90 Å². The first-order chi connectivity index (χ1) is 9.20. The summed E-state index contributed by atoms with van der Waals surface area (Å²) in [6.07, 6.45) is -6.02. The zero-order valence-corrected chi connectivity index (χ0v) is 10.7. The van der Waals surface area contributed by atoms with E-state index in [-0.39, 0.29) is 32.4 Å². The van der Waals surface area contributed by atoms with E-state index < -0.39 is 36.7 Å². The Bertz CT molecular complexity index is 362. The number of alkyl halides is 3. The minimum absolute atomic E-state index is 0.0356. The fraction of sp³-hybridized carbons (Fsp3) is 0.818. The van der Waals surface area contributed by atoms with Crippen molar-refractivity contribution < 1.29 is 33.0 Å². The molecule has 9 heteroatoms. The van der Waals surface area contributed by atoms with Crippen LogP contribution in [-0.2, 0) is 4.79 Å². The normalized spacial score (nSPS) is 22.9. The maximum atomic E-state index is 11.9. The summed E-state index contributed by atoms with van der Waals surface area (Å²) in [6.45, 7) is -0.0564. The topological polar surface area (TPSA) is 89.9 Å². The van der Waals surface area contributed by atoms with Gasteiger partial charge in [-0.05, 0) is 12.8 Å². The number of halogens is 3. The van der Waals surface area contributed by atoms with E-state index in [2.05, 4.69) is 5.32 Å². The van der Waals surface area contributed by atoms with Gasteiger partial charge in [-0.1, -0.05) is 0 Å². The molecule has 20 heavy (non-hydrogen) atoms. The van der Waals surface area contributed by atoms with Gasteiger partial charge in [-0.15, -0.1) is 0 Å². The molecule has 1 rings (SSSR count). The standard InChI is InChI=1S/C11H17F3N2O4/c12-11(13,14)3-1-2-4-15-10(20)16-6-7(17)5-8(16)9(18)19/h7-8,17H,1-6H2,(H,15,20)(H,18,19). The quantitative estimate of drug-likeness (QED) is 0.659. The van der Waals surface area contributed by atoms with Crippen molar-refractivity contribution >= 4 is 12.0 Å². The number of aliphatic carboxylic acids is 1. The number of hydrogen-bond donors (Lipinski definition) is 3. The number of hydrogen-bond acceptors (Lipinski definition) is 3. The SMILES string of the molecule is O=C(O)C1CC(O)CN1C(=O)NCCCCC(F)(F)F. The Morgan fingerprint density at radius 3 is 2.50 bits per heavy atom. The van der Waals surface area contributed by atoms with Crippen LogP contribution in [0.5, 0.6) is 0 Å². The molecule has 2 atom stereocenters. The Morgan fingerprint density at radius 2 is 1.95 bits per heavy atom. The number of amides is 2. The van der Waals surface area contributed by atoms with Crippen molar-refractivity contribution in [2.24, 2.45) is 0 Å². The summed E-state index contributed by atoms with van der Waals surface area (Å²) in [7, 11) is 0. The van der Waals surface area contributed by atoms with Crippen molar-refractivity contribution in [1.29, 1.82) is 0 Å². The number of aliphatic hydroxyl groups excluding tert-OH is 1. The molecule has 0 aromatic rings. The Balaban J connectivity index is 2.30. The van der Waals surface area contributed by atoms with Gasteiger partial charge in [0.25, 0.3) is 0 Å². The van der Waals surface area contributed by atoms with Crippen LogP contribution in [0.1, 0.15) is 25.7 Å². The molecule has 2 unspecified atom stereocenters. The van der Waals surface area contributed by atoms with Crippen molar-refractivity contribution in [3.8, 4) is 0 Å². The fourth-order valence-electron chi connectivity index (χ4n) is 2.02. The third-order valence-corrected chi connectivity index (χ3v) is 2.99. The molecule has 1 fully saturated rings. The second-order valence-corrected chi connectivity index (χ2v) is 4.70. The molecule has 1 saturated heterocycles. The predicted octanol–water partition coefficient (Wildman–Crippen LogP) is 0.948. The number of nitrogens with zero attached hydrogens (tertiary/aromatic N) is 1. The minimum atomic E-state index is -4.21. The highest BCUT2D eigenvalue weighted by atomic mass is 19.4. The fourth-order valence-corrected chi connectivity index (χ4v) is 2.02. The number of urea groups is 1. The highest BCUT2D eigenvalue weighted by Gasteiger charge is 2.38. The third kappa shape index (κ3) is 5.24. The third-order valence-electron chi connectivity index (χ3n) is 2.99. The number of carbonyl (C=O) groups is 2. The van der Waals surface area contributed by atoms with Crippen LogP contribution in [0, 0.1) is 0 Å². The minimum Gasteiger partial charge on any atom is -0.480 e. The molecule has 2 amide bonds. The lowest BCUT2D eigenvalue weighted by Gasteiger charge is -2.21. The molecule has 0 radical (unpaired) electrons. The molecule has 1 aliphatic heterocycles. The number of nitrogens with one attached hydrogen (secondary N) is 1. The second-order valence-electron chi connectivity index (χ2n) is 4.70. The molecule has 0 saturated carbocycles. The first kappa shape index (κ1) is 16.5. The van der Waals surface area contributed by atoms with Gasteiger partial charge in [0.05, 0.1) is 6.10 Å². The van der Waals surface area contributed by atoms with Crippen molar-refractivity contribution in [3.63, 3.8) is 0 Å². The first-order valence-electron chi connectivity index (χ1n) is 6.23. The van der Waals surface area contributed by atoms with Gasteiger partial charge < -0.3 is 20.4 Å².